The number of nitrogens with one attached hydrogen (secondary N) is 2. The van der Waals surface area contributed by atoms with Gasteiger partial charge in [-0.25, -0.2) is 14.2 Å². The van der Waals surface area contributed by atoms with Gasteiger partial charge in [0.25, 0.3) is 0 Å². The number of hydrogen-bond donors (Lipinski definition) is 2. The van der Waals surface area contributed by atoms with Crippen molar-refractivity contribution in [3.05, 3.63) is 81.8 Å². The number of aromatic nitrogens is 3. The van der Waals surface area contributed by atoms with E-state index in [1.807, 2.05) is 30.3 Å². The fraction of sp³-hybridized carbons (Fsp3) is 0.0500. The predicted molar refractivity (Wildman–Crippen MR) is 109 cm³/mol. The summed E-state index contributed by atoms with van der Waals surface area (Å²) in [5, 5.41) is 3.54. The number of rotatable bonds is 5. The highest BCUT2D eigenvalue weighted by Gasteiger charge is 2.17. The first-order valence-corrected chi connectivity index (χ1v) is 9.23. The third-order valence-electron chi connectivity index (χ3n) is 4.10. The molecule has 4 aromatic rings. The van der Waals surface area contributed by atoms with Gasteiger partial charge in [0, 0.05) is 18.5 Å². The maximum atomic E-state index is 14.4. The zero-order valence-electron chi connectivity index (χ0n) is 14.7. The van der Waals surface area contributed by atoms with Gasteiger partial charge in [0.2, 0.25) is 5.95 Å². The highest BCUT2D eigenvalue weighted by Crippen LogP contribution is 2.31. The molecule has 0 aliphatic carbocycles. The van der Waals surface area contributed by atoms with Gasteiger partial charge < -0.3 is 15.0 Å². The number of carbonyl (C=O) groups excluding carboxylic acids is 1. The van der Waals surface area contributed by atoms with Gasteiger partial charge in [-0.3, -0.25) is 4.98 Å². The summed E-state index contributed by atoms with van der Waals surface area (Å²) < 4.78 is 19.6. The lowest BCUT2D eigenvalue weighted by Crippen LogP contribution is -2.07. The van der Waals surface area contributed by atoms with Crippen molar-refractivity contribution in [3.8, 4) is 0 Å². The van der Waals surface area contributed by atoms with Crippen molar-refractivity contribution in [3.63, 3.8) is 0 Å². The highest BCUT2D eigenvalue weighted by atomic mass is 35.5. The Balaban J connectivity index is 1.57. The molecule has 2 aromatic carbocycles. The number of hydrogen-bond acceptors (Lipinski definition) is 5. The summed E-state index contributed by atoms with van der Waals surface area (Å²) in [5.41, 5.74) is 1.78. The van der Waals surface area contributed by atoms with Gasteiger partial charge in [-0.2, -0.15) is 0 Å². The van der Waals surface area contributed by atoms with Gasteiger partial charge >= 0.3 is 5.97 Å². The molecule has 29 heavy (non-hydrogen) atoms. The van der Waals surface area contributed by atoms with E-state index in [0.29, 0.717) is 26.8 Å². The molecular weight excluding hydrogens is 418 g/mol. The molecule has 0 radical (unpaired) electrons. The predicted octanol–water partition coefficient (Wildman–Crippen LogP) is 5.50. The van der Waals surface area contributed by atoms with Gasteiger partial charge in [0.15, 0.2) is 0 Å². The Morgan fingerprint density at radius 1 is 1.14 bits per heavy atom. The number of esters is 1. The second-order valence-corrected chi connectivity index (χ2v) is 6.91. The summed E-state index contributed by atoms with van der Waals surface area (Å²) in [5.74, 6) is -1.21. The van der Waals surface area contributed by atoms with Crippen LogP contribution in [0.2, 0.25) is 10.0 Å². The molecule has 4 rings (SSSR count). The SMILES string of the molecule is O=C(OCc1ccccc1)c1cc2nc(Nc3c(Cl)cncc3Cl)[nH]c2cc1F. The fourth-order valence-electron chi connectivity index (χ4n) is 2.70. The van der Waals surface area contributed by atoms with Crippen LogP contribution in [-0.4, -0.2) is 20.9 Å². The smallest absolute Gasteiger partial charge is 0.341 e. The molecule has 0 bridgehead atoms. The number of halogens is 3. The number of fused-ring (bicyclic) bond motifs is 1. The van der Waals surface area contributed by atoms with E-state index in [1.54, 1.807) is 0 Å². The number of carbonyl (C=O) groups is 1. The van der Waals surface area contributed by atoms with E-state index in [1.165, 1.54) is 24.5 Å². The molecule has 0 saturated carbocycles. The minimum atomic E-state index is -0.772. The van der Waals surface area contributed by atoms with Crippen LogP contribution in [0.3, 0.4) is 0 Å². The van der Waals surface area contributed by atoms with Crippen molar-refractivity contribution < 1.29 is 13.9 Å². The molecule has 0 atom stereocenters. The number of benzene rings is 2. The summed E-state index contributed by atoms with van der Waals surface area (Å²) in [7, 11) is 0. The topological polar surface area (TPSA) is 79.9 Å². The molecule has 0 aliphatic heterocycles. The van der Waals surface area contributed by atoms with Crippen LogP contribution < -0.4 is 5.32 Å². The maximum absolute atomic E-state index is 14.4. The van der Waals surface area contributed by atoms with E-state index in [-0.39, 0.29) is 18.1 Å². The standard InChI is InChI=1S/C20H13Cl2FN4O2/c21-13-8-24-9-14(22)18(13)27-20-25-16-6-12(15(23)7-17(16)26-20)19(28)29-10-11-4-2-1-3-5-11/h1-9H,10H2,(H2,24,25,26,27). The zero-order valence-corrected chi connectivity index (χ0v) is 16.3. The van der Waals surface area contributed by atoms with E-state index in [0.717, 1.165) is 5.56 Å². The van der Waals surface area contributed by atoms with Crippen molar-refractivity contribution in [1.82, 2.24) is 15.0 Å². The minimum absolute atomic E-state index is 0.0452. The molecule has 6 nitrogen and oxygen atoms in total. The van der Waals surface area contributed by atoms with Crippen LogP contribution in [0.25, 0.3) is 11.0 Å². The number of nitrogens with zero attached hydrogens (tertiary/aromatic N) is 2. The molecule has 9 heteroatoms. The van der Waals surface area contributed by atoms with E-state index in [2.05, 4.69) is 20.3 Å². The zero-order chi connectivity index (χ0) is 20.4. The van der Waals surface area contributed by atoms with E-state index < -0.39 is 11.8 Å². The molecule has 2 N–H and O–H groups in total. The molecular formula is C20H13Cl2FN4O2. The average molecular weight is 431 g/mol. The van der Waals surface area contributed by atoms with Crippen LogP contribution in [0.4, 0.5) is 16.0 Å². The van der Waals surface area contributed by atoms with Crippen LogP contribution in [0.1, 0.15) is 15.9 Å². The Morgan fingerprint density at radius 3 is 2.59 bits per heavy atom. The van der Waals surface area contributed by atoms with Crippen molar-refractivity contribution in [2.24, 2.45) is 0 Å². The number of aromatic amines is 1. The number of pyridine rings is 1. The lowest BCUT2D eigenvalue weighted by atomic mass is 10.2. The Bertz CT molecular complexity index is 1180. The molecule has 2 aromatic heterocycles. The fourth-order valence-corrected chi connectivity index (χ4v) is 3.16. The van der Waals surface area contributed by atoms with E-state index in [4.69, 9.17) is 27.9 Å². The molecule has 0 unspecified atom stereocenters. The molecule has 146 valence electrons. The summed E-state index contributed by atoms with van der Waals surface area (Å²) >= 11 is 12.2. The van der Waals surface area contributed by atoms with Crippen molar-refractivity contribution in [1.29, 1.82) is 0 Å². The third kappa shape index (κ3) is 4.16. The number of anilines is 2. The first-order valence-electron chi connectivity index (χ1n) is 8.47. The van der Waals surface area contributed by atoms with Crippen LogP contribution >= 0.6 is 23.2 Å². The maximum Gasteiger partial charge on any atom is 0.341 e. The summed E-state index contributed by atoms with van der Waals surface area (Å²) in [4.78, 5) is 23.4. The summed E-state index contributed by atoms with van der Waals surface area (Å²) in [6.07, 6.45) is 2.86. The quantitative estimate of drug-likeness (QED) is 0.408. The van der Waals surface area contributed by atoms with Gasteiger partial charge in [-0.15, -0.1) is 0 Å². The van der Waals surface area contributed by atoms with Gasteiger partial charge in [0.1, 0.15) is 12.4 Å². The summed E-state index contributed by atoms with van der Waals surface area (Å²) in [6.45, 7) is 0.0452. The first kappa shape index (κ1) is 19.2. The van der Waals surface area contributed by atoms with Gasteiger partial charge in [0.05, 0.1) is 32.3 Å². The van der Waals surface area contributed by atoms with Crippen molar-refractivity contribution >= 4 is 51.8 Å². The Morgan fingerprint density at radius 2 is 1.86 bits per heavy atom. The number of imidazole rings is 1. The Hall–Kier alpha value is -3.16. The molecule has 0 aliphatic rings. The summed E-state index contributed by atoms with van der Waals surface area (Å²) in [6, 6.07) is 11.7. The third-order valence-corrected chi connectivity index (χ3v) is 4.67. The molecule has 0 saturated heterocycles. The van der Waals surface area contributed by atoms with Crippen molar-refractivity contribution in [2.45, 2.75) is 6.61 Å². The van der Waals surface area contributed by atoms with Gasteiger partial charge in [-0.05, 0) is 11.6 Å². The van der Waals surface area contributed by atoms with Crippen LogP contribution in [0, 0.1) is 5.82 Å². The molecule has 0 fully saturated rings. The second-order valence-electron chi connectivity index (χ2n) is 6.10. The lowest BCUT2D eigenvalue weighted by molar-refractivity contribution is 0.0467. The normalized spacial score (nSPS) is 10.9. The Kier molecular flexibility index (Phi) is 5.33. The van der Waals surface area contributed by atoms with Gasteiger partial charge in [-0.1, -0.05) is 53.5 Å². The highest BCUT2D eigenvalue weighted by molar-refractivity contribution is 6.39. The number of H-pyrrole nitrogens is 1. The van der Waals surface area contributed by atoms with Crippen LogP contribution in [0.5, 0.6) is 0 Å². The lowest BCUT2D eigenvalue weighted by Gasteiger charge is -2.06. The average Bonchev–Trinajstić information content (AvgIpc) is 3.10. The van der Waals surface area contributed by atoms with E-state index >= 15 is 0 Å². The largest absolute Gasteiger partial charge is 0.457 e. The molecule has 2 heterocycles. The molecule has 0 spiro atoms. The first-order chi connectivity index (χ1) is 14.0. The van der Waals surface area contributed by atoms with E-state index in [9.17, 15) is 9.18 Å². The molecule has 0 amide bonds. The number of ether oxygens (including phenoxy) is 1. The monoisotopic (exact) mass is 430 g/mol. The van der Waals surface area contributed by atoms with Crippen molar-refractivity contribution in [2.75, 3.05) is 5.32 Å². The second kappa shape index (κ2) is 8.06. The van der Waals surface area contributed by atoms with Crippen LogP contribution in [-0.2, 0) is 11.3 Å². The van der Waals surface area contributed by atoms with Crippen LogP contribution in [0.15, 0.2) is 54.9 Å². The minimum Gasteiger partial charge on any atom is -0.457 e. The Labute approximate surface area is 174 Å².